The minimum atomic E-state index is -0.446. The van der Waals surface area contributed by atoms with Crippen LogP contribution in [0, 0.1) is 30.0 Å². The third-order valence-corrected chi connectivity index (χ3v) is 1.22. The lowest BCUT2D eigenvalue weighted by atomic mass is 10.4. The first-order valence-corrected chi connectivity index (χ1v) is 2.84. The first-order valence-electron chi connectivity index (χ1n) is 2.84. The fraction of sp³-hybridized carbons (Fsp3) is 0.333. The number of aromatic nitrogens is 1. The maximum atomic E-state index is 10.2. The van der Waals surface area contributed by atoms with Crippen molar-refractivity contribution in [1.29, 1.82) is 0 Å². The molecule has 1 radical (unpaired) electrons. The molecule has 0 atom stereocenters. The van der Waals surface area contributed by atoms with Gasteiger partial charge in [0.05, 0.1) is 16.7 Å². The van der Waals surface area contributed by atoms with Gasteiger partial charge in [-0.2, -0.15) is 0 Å². The monoisotopic (exact) mass is 139 g/mol. The van der Waals surface area contributed by atoms with E-state index in [9.17, 15) is 10.1 Å². The van der Waals surface area contributed by atoms with Crippen molar-refractivity contribution in [3.8, 4) is 0 Å². The Morgan fingerprint density at radius 2 is 2.20 bits per heavy atom. The standard InChI is InChI=1S/C6H7N2O2/c1-4-3-6(8(9)10)5(2)7-4/h7H,1-2H3. The van der Waals surface area contributed by atoms with Crippen LogP contribution in [0.15, 0.2) is 0 Å². The number of hydrogen-bond acceptors (Lipinski definition) is 2. The molecular formula is C6H7N2O2. The van der Waals surface area contributed by atoms with Crippen LogP contribution in [0.25, 0.3) is 0 Å². The molecule has 0 saturated carbocycles. The van der Waals surface area contributed by atoms with E-state index < -0.39 is 4.92 Å². The molecule has 53 valence electrons. The van der Waals surface area contributed by atoms with Gasteiger partial charge in [-0.25, -0.2) is 0 Å². The molecular weight excluding hydrogens is 132 g/mol. The molecule has 1 heterocycles. The molecule has 4 nitrogen and oxygen atoms in total. The summed E-state index contributed by atoms with van der Waals surface area (Å²) in [6.07, 6.45) is 0. The molecule has 0 aliphatic heterocycles. The lowest BCUT2D eigenvalue weighted by molar-refractivity contribution is -0.385. The molecule has 1 N–H and O–H groups in total. The van der Waals surface area contributed by atoms with E-state index in [1.807, 2.05) is 0 Å². The SMILES string of the molecule is Cc1[c]c([N+](=O)[O-])c(C)[nH]1. The van der Waals surface area contributed by atoms with Crippen molar-refractivity contribution in [2.75, 3.05) is 0 Å². The Bertz CT molecular complexity index is 265. The number of rotatable bonds is 1. The van der Waals surface area contributed by atoms with Crippen molar-refractivity contribution in [3.63, 3.8) is 0 Å². The van der Waals surface area contributed by atoms with Crippen molar-refractivity contribution in [2.24, 2.45) is 0 Å². The Morgan fingerprint density at radius 3 is 2.40 bits per heavy atom. The number of nitro groups is 1. The highest BCUT2D eigenvalue weighted by Crippen LogP contribution is 2.16. The molecule has 0 saturated heterocycles. The first-order chi connectivity index (χ1) is 4.61. The summed E-state index contributed by atoms with van der Waals surface area (Å²) in [7, 11) is 0. The molecule has 4 heteroatoms. The van der Waals surface area contributed by atoms with Crippen LogP contribution in [-0.4, -0.2) is 9.91 Å². The van der Waals surface area contributed by atoms with Crippen LogP contribution in [0.1, 0.15) is 11.4 Å². The molecule has 0 amide bonds. The molecule has 0 bridgehead atoms. The molecule has 0 unspecified atom stereocenters. The molecule has 1 aromatic heterocycles. The largest absolute Gasteiger partial charge is 0.356 e. The minimum absolute atomic E-state index is 0.0394. The fourth-order valence-corrected chi connectivity index (χ4v) is 0.826. The summed E-state index contributed by atoms with van der Waals surface area (Å²) in [5, 5.41) is 10.2. The van der Waals surface area contributed by atoms with E-state index in [0.717, 1.165) is 0 Å². The molecule has 10 heavy (non-hydrogen) atoms. The van der Waals surface area contributed by atoms with Gasteiger partial charge in [0.2, 0.25) is 0 Å². The predicted octanol–water partition coefficient (Wildman–Crippen LogP) is 1.34. The van der Waals surface area contributed by atoms with E-state index in [4.69, 9.17) is 0 Å². The molecule has 0 aliphatic carbocycles. The van der Waals surface area contributed by atoms with Crippen LogP contribution in [0.3, 0.4) is 0 Å². The van der Waals surface area contributed by atoms with Gasteiger partial charge in [-0.3, -0.25) is 10.1 Å². The second-order valence-electron chi connectivity index (χ2n) is 2.11. The van der Waals surface area contributed by atoms with Crippen LogP contribution in [-0.2, 0) is 0 Å². The Kier molecular flexibility index (Phi) is 1.45. The summed E-state index contributed by atoms with van der Waals surface area (Å²) in [6, 6.07) is 2.59. The van der Waals surface area contributed by atoms with Crippen LogP contribution in [0.4, 0.5) is 5.69 Å². The Balaban J connectivity index is 3.15. The Morgan fingerprint density at radius 1 is 1.60 bits per heavy atom. The fourth-order valence-electron chi connectivity index (χ4n) is 0.826. The first kappa shape index (κ1) is 6.80. The second kappa shape index (κ2) is 2.13. The predicted molar refractivity (Wildman–Crippen MR) is 35.8 cm³/mol. The summed E-state index contributed by atoms with van der Waals surface area (Å²) >= 11 is 0. The quantitative estimate of drug-likeness (QED) is 0.471. The zero-order chi connectivity index (χ0) is 7.72. The van der Waals surface area contributed by atoms with Gasteiger partial charge in [-0.1, -0.05) is 0 Å². The van der Waals surface area contributed by atoms with Crippen LogP contribution >= 0.6 is 0 Å². The maximum Gasteiger partial charge on any atom is 0.298 e. The van der Waals surface area contributed by atoms with Gasteiger partial charge in [-0.05, 0) is 13.8 Å². The van der Waals surface area contributed by atoms with Gasteiger partial charge in [0.1, 0.15) is 0 Å². The minimum Gasteiger partial charge on any atom is -0.356 e. The van der Waals surface area contributed by atoms with E-state index in [1.54, 1.807) is 13.8 Å². The summed E-state index contributed by atoms with van der Waals surface area (Å²) in [5.74, 6) is 0. The third-order valence-electron chi connectivity index (χ3n) is 1.22. The topological polar surface area (TPSA) is 58.9 Å². The summed E-state index contributed by atoms with van der Waals surface area (Å²) < 4.78 is 0. The number of aromatic amines is 1. The average molecular weight is 139 g/mol. The van der Waals surface area contributed by atoms with E-state index in [-0.39, 0.29) is 5.69 Å². The molecule has 0 spiro atoms. The van der Waals surface area contributed by atoms with Gasteiger partial charge < -0.3 is 4.98 Å². The number of H-pyrrole nitrogens is 1. The van der Waals surface area contributed by atoms with Crippen LogP contribution in [0.2, 0.25) is 0 Å². The Hall–Kier alpha value is -1.32. The normalized spacial score (nSPS) is 9.80. The van der Waals surface area contributed by atoms with Gasteiger partial charge in [0.25, 0.3) is 5.69 Å². The second-order valence-corrected chi connectivity index (χ2v) is 2.11. The number of hydrogen-bond donors (Lipinski definition) is 1. The smallest absolute Gasteiger partial charge is 0.298 e. The van der Waals surface area contributed by atoms with E-state index >= 15 is 0 Å². The molecule has 0 aromatic carbocycles. The summed E-state index contributed by atoms with van der Waals surface area (Å²) in [5.41, 5.74) is 1.30. The highest BCUT2D eigenvalue weighted by atomic mass is 16.6. The number of aryl methyl sites for hydroxylation is 2. The maximum absolute atomic E-state index is 10.2. The van der Waals surface area contributed by atoms with Crippen molar-refractivity contribution in [3.05, 3.63) is 27.6 Å². The average Bonchev–Trinajstić information content (AvgIpc) is 2.10. The van der Waals surface area contributed by atoms with E-state index in [1.165, 1.54) is 0 Å². The van der Waals surface area contributed by atoms with Crippen molar-refractivity contribution < 1.29 is 4.92 Å². The lowest BCUT2D eigenvalue weighted by Gasteiger charge is -1.83. The van der Waals surface area contributed by atoms with Crippen molar-refractivity contribution in [1.82, 2.24) is 4.98 Å². The Labute approximate surface area is 58.0 Å². The highest BCUT2D eigenvalue weighted by molar-refractivity contribution is 5.35. The van der Waals surface area contributed by atoms with Gasteiger partial charge in [-0.15, -0.1) is 0 Å². The van der Waals surface area contributed by atoms with E-state index in [0.29, 0.717) is 11.4 Å². The third kappa shape index (κ3) is 1.00. The highest BCUT2D eigenvalue weighted by Gasteiger charge is 2.12. The number of nitrogens with zero attached hydrogens (tertiary/aromatic N) is 1. The van der Waals surface area contributed by atoms with Gasteiger partial charge in [0, 0.05) is 5.69 Å². The summed E-state index contributed by atoms with van der Waals surface area (Å²) in [4.78, 5) is 12.5. The molecule has 1 aromatic rings. The van der Waals surface area contributed by atoms with Crippen molar-refractivity contribution >= 4 is 5.69 Å². The molecule has 1 rings (SSSR count). The van der Waals surface area contributed by atoms with Gasteiger partial charge >= 0.3 is 0 Å². The van der Waals surface area contributed by atoms with Crippen LogP contribution < -0.4 is 0 Å². The number of nitrogens with one attached hydrogen (secondary N) is 1. The lowest BCUT2D eigenvalue weighted by Crippen LogP contribution is -1.87. The molecule has 0 fully saturated rings. The van der Waals surface area contributed by atoms with Crippen molar-refractivity contribution in [2.45, 2.75) is 13.8 Å². The molecule has 0 aliphatic rings. The van der Waals surface area contributed by atoms with Crippen LogP contribution in [0.5, 0.6) is 0 Å². The van der Waals surface area contributed by atoms with E-state index in [2.05, 4.69) is 11.1 Å². The summed E-state index contributed by atoms with van der Waals surface area (Å²) in [6.45, 7) is 3.39. The zero-order valence-corrected chi connectivity index (χ0v) is 5.76. The van der Waals surface area contributed by atoms with Gasteiger partial charge in [0.15, 0.2) is 0 Å². The zero-order valence-electron chi connectivity index (χ0n) is 5.76.